The van der Waals surface area contributed by atoms with Gasteiger partial charge in [-0.25, -0.2) is 0 Å². The number of piperidine rings is 1. The average Bonchev–Trinajstić information content (AvgIpc) is 2.59. The van der Waals surface area contributed by atoms with Crippen molar-refractivity contribution in [3.63, 3.8) is 0 Å². The highest BCUT2D eigenvalue weighted by Gasteiger charge is 2.37. The lowest BCUT2D eigenvalue weighted by atomic mass is 9.79. The van der Waals surface area contributed by atoms with Gasteiger partial charge < -0.3 is 15.7 Å². The molecule has 1 aromatic heterocycles. The average molecular weight is 377 g/mol. The molecule has 0 atom stereocenters. The van der Waals surface area contributed by atoms with Gasteiger partial charge in [0.2, 0.25) is 0 Å². The Morgan fingerprint density at radius 2 is 1.57 bits per heavy atom. The van der Waals surface area contributed by atoms with Crippen molar-refractivity contribution < 1.29 is 5.11 Å². The van der Waals surface area contributed by atoms with E-state index < -0.39 is 0 Å². The van der Waals surface area contributed by atoms with E-state index in [9.17, 15) is 5.11 Å². The number of nitrogens with one attached hydrogen (secondary N) is 2. The summed E-state index contributed by atoms with van der Waals surface area (Å²) in [6.07, 6.45) is 2.04. The highest BCUT2D eigenvalue weighted by Crippen LogP contribution is 2.33. The van der Waals surface area contributed by atoms with Gasteiger partial charge in [-0.15, -0.1) is 10.2 Å². The summed E-state index contributed by atoms with van der Waals surface area (Å²) in [4.78, 5) is 0. The SMILES string of the molecule is CC1(C)CC(Nc2ccc(-c3cc4ccccc4cc3O)nn2)CC(C)(C)N1. The van der Waals surface area contributed by atoms with Gasteiger partial charge in [0.1, 0.15) is 11.6 Å². The van der Waals surface area contributed by atoms with Crippen LogP contribution in [0.3, 0.4) is 0 Å². The van der Waals surface area contributed by atoms with E-state index in [0.717, 1.165) is 29.4 Å². The Morgan fingerprint density at radius 1 is 0.929 bits per heavy atom. The first kappa shape index (κ1) is 18.7. The second kappa shape index (κ2) is 6.74. The van der Waals surface area contributed by atoms with Gasteiger partial charge in [0.05, 0.1) is 5.69 Å². The molecule has 0 bridgehead atoms. The summed E-state index contributed by atoms with van der Waals surface area (Å²) in [6.45, 7) is 8.94. The van der Waals surface area contributed by atoms with Crippen LogP contribution in [-0.4, -0.2) is 32.4 Å². The molecule has 1 aliphatic rings. The fourth-order valence-electron chi connectivity index (χ4n) is 4.62. The van der Waals surface area contributed by atoms with Crippen molar-refractivity contribution in [1.82, 2.24) is 15.5 Å². The molecule has 28 heavy (non-hydrogen) atoms. The smallest absolute Gasteiger partial charge is 0.148 e. The molecule has 2 aromatic carbocycles. The van der Waals surface area contributed by atoms with E-state index in [1.165, 1.54) is 0 Å². The molecule has 1 aliphatic heterocycles. The first-order valence-electron chi connectivity index (χ1n) is 9.83. The number of hydrogen-bond acceptors (Lipinski definition) is 5. The molecular formula is C23H28N4O. The van der Waals surface area contributed by atoms with E-state index in [4.69, 9.17) is 0 Å². The molecule has 3 N–H and O–H groups in total. The van der Waals surface area contributed by atoms with Gasteiger partial charge in [0, 0.05) is 22.7 Å². The van der Waals surface area contributed by atoms with E-state index >= 15 is 0 Å². The zero-order valence-electron chi connectivity index (χ0n) is 17.0. The van der Waals surface area contributed by atoms with Crippen molar-refractivity contribution >= 4 is 16.6 Å². The van der Waals surface area contributed by atoms with Gasteiger partial charge in [-0.2, -0.15) is 0 Å². The fourth-order valence-corrected chi connectivity index (χ4v) is 4.62. The lowest BCUT2D eigenvalue weighted by molar-refractivity contribution is 0.170. The van der Waals surface area contributed by atoms with Crippen LogP contribution in [0.25, 0.3) is 22.0 Å². The Bertz CT molecular complexity index is 979. The molecule has 0 amide bonds. The minimum Gasteiger partial charge on any atom is -0.507 e. The Labute approximate surface area is 166 Å². The Morgan fingerprint density at radius 3 is 2.18 bits per heavy atom. The van der Waals surface area contributed by atoms with Crippen molar-refractivity contribution in [2.24, 2.45) is 0 Å². The molecule has 3 aromatic rings. The van der Waals surface area contributed by atoms with Crippen LogP contribution < -0.4 is 10.6 Å². The standard InChI is InChI=1S/C23H28N4O/c1-22(2)13-17(14-23(3,4)27-22)24-21-10-9-19(25-26-21)18-11-15-7-5-6-8-16(15)12-20(18)28/h5-12,17,27-28H,13-14H2,1-4H3,(H,24,26). The highest BCUT2D eigenvalue weighted by atomic mass is 16.3. The molecule has 146 valence electrons. The molecule has 0 spiro atoms. The highest BCUT2D eigenvalue weighted by molar-refractivity contribution is 5.89. The van der Waals surface area contributed by atoms with Crippen LogP contribution in [-0.2, 0) is 0 Å². The fraction of sp³-hybridized carbons (Fsp3) is 0.391. The maximum absolute atomic E-state index is 10.4. The predicted octanol–water partition coefficient (Wildman–Crippen LogP) is 4.72. The first-order chi connectivity index (χ1) is 13.2. The third-order valence-corrected chi connectivity index (χ3v) is 5.35. The molecule has 0 unspecified atom stereocenters. The van der Waals surface area contributed by atoms with Crippen molar-refractivity contribution in [2.75, 3.05) is 5.32 Å². The van der Waals surface area contributed by atoms with Gasteiger partial charge in [0.15, 0.2) is 0 Å². The minimum absolute atomic E-state index is 0.0731. The van der Waals surface area contributed by atoms with E-state index in [1.54, 1.807) is 6.07 Å². The molecule has 4 rings (SSSR count). The third-order valence-electron chi connectivity index (χ3n) is 5.35. The van der Waals surface area contributed by atoms with E-state index in [0.29, 0.717) is 17.3 Å². The number of nitrogens with zero attached hydrogens (tertiary/aromatic N) is 2. The third kappa shape index (κ3) is 3.94. The normalized spacial score (nSPS) is 18.9. The first-order valence-corrected chi connectivity index (χ1v) is 9.83. The number of fused-ring (bicyclic) bond motifs is 1. The van der Waals surface area contributed by atoms with E-state index in [2.05, 4.69) is 48.5 Å². The Kier molecular flexibility index (Phi) is 4.50. The quantitative estimate of drug-likeness (QED) is 0.617. The van der Waals surface area contributed by atoms with Crippen molar-refractivity contribution in [1.29, 1.82) is 0 Å². The van der Waals surface area contributed by atoms with Gasteiger partial charge in [0.25, 0.3) is 0 Å². The number of rotatable bonds is 3. The van der Waals surface area contributed by atoms with Crippen molar-refractivity contribution in [3.05, 3.63) is 48.5 Å². The van der Waals surface area contributed by atoms with Gasteiger partial charge in [-0.3, -0.25) is 0 Å². The number of anilines is 1. The summed E-state index contributed by atoms with van der Waals surface area (Å²) < 4.78 is 0. The summed E-state index contributed by atoms with van der Waals surface area (Å²) >= 11 is 0. The zero-order chi connectivity index (χ0) is 19.9. The van der Waals surface area contributed by atoms with Crippen LogP contribution in [0.2, 0.25) is 0 Å². The van der Waals surface area contributed by atoms with Crippen molar-refractivity contribution in [3.8, 4) is 17.0 Å². The Hall–Kier alpha value is -2.66. The molecule has 1 saturated heterocycles. The summed E-state index contributed by atoms with van der Waals surface area (Å²) in [7, 11) is 0. The van der Waals surface area contributed by atoms with Crippen LogP contribution >= 0.6 is 0 Å². The second-order valence-electron chi connectivity index (χ2n) is 9.16. The molecular weight excluding hydrogens is 348 g/mol. The number of phenolic OH excluding ortho intramolecular Hbond substituents is 1. The summed E-state index contributed by atoms with van der Waals surface area (Å²) in [5.74, 6) is 0.984. The number of aromatic hydroxyl groups is 1. The van der Waals surface area contributed by atoms with Crippen LogP contribution in [0.5, 0.6) is 5.75 Å². The van der Waals surface area contributed by atoms with E-state index in [-0.39, 0.29) is 16.8 Å². The molecule has 0 aliphatic carbocycles. The summed E-state index contributed by atoms with van der Waals surface area (Å²) in [6, 6.07) is 15.9. The van der Waals surface area contributed by atoms with Crippen LogP contribution in [0.4, 0.5) is 5.82 Å². The molecule has 1 fully saturated rings. The van der Waals surface area contributed by atoms with Crippen LogP contribution in [0.15, 0.2) is 48.5 Å². The number of hydrogen-bond donors (Lipinski definition) is 3. The van der Waals surface area contributed by atoms with Crippen LogP contribution in [0.1, 0.15) is 40.5 Å². The summed E-state index contributed by atoms with van der Waals surface area (Å²) in [5, 5.41) is 28.5. The Balaban J connectivity index is 1.55. The predicted molar refractivity (Wildman–Crippen MR) is 115 cm³/mol. The second-order valence-corrected chi connectivity index (χ2v) is 9.16. The molecule has 0 radical (unpaired) electrons. The van der Waals surface area contributed by atoms with Gasteiger partial charge in [-0.1, -0.05) is 24.3 Å². The van der Waals surface area contributed by atoms with Crippen molar-refractivity contribution in [2.45, 2.75) is 57.7 Å². The molecule has 0 saturated carbocycles. The summed E-state index contributed by atoms with van der Waals surface area (Å²) in [5.41, 5.74) is 1.51. The van der Waals surface area contributed by atoms with E-state index in [1.807, 2.05) is 42.5 Å². The lowest BCUT2D eigenvalue weighted by Crippen LogP contribution is -2.60. The maximum Gasteiger partial charge on any atom is 0.148 e. The zero-order valence-corrected chi connectivity index (χ0v) is 17.0. The van der Waals surface area contributed by atoms with Crippen LogP contribution in [0, 0.1) is 0 Å². The number of phenols is 1. The van der Waals surface area contributed by atoms with Gasteiger partial charge >= 0.3 is 0 Å². The number of aromatic nitrogens is 2. The molecule has 5 heteroatoms. The number of benzene rings is 2. The molecule has 2 heterocycles. The largest absolute Gasteiger partial charge is 0.507 e. The lowest BCUT2D eigenvalue weighted by Gasteiger charge is -2.46. The molecule has 5 nitrogen and oxygen atoms in total. The van der Waals surface area contributed by atoms with Gasteiger partial charge in [-0.05, 0) is 75.6 Å². The minimum atomic E-state index is 0.0731. The topological polar surface area (TPSA) is 70.1 Å². The monoisotopic (exact) mass is 376 g/mol. The maximum atomic E-state index is 10.4.